The molecule has 0 saturated heterocycles. The van der Waals surface area contributed by atoms with Gasteiger partial charge in [0, 0.05) is 9.86 Å². The Labute approximate surface area is 169 Å². The lowest BCUT2D eigenvalue weighted by molar-refractivity contribution is -0.116. The highest BCUT2D eigenvalue weighted by Crippen LogP contribution is 2.28. The quantitative estimate of drug-likeness (QED) is 0.431. The molecule has 5 aromatic rings. The number of hydrogen-bond donors (Lipinski definition) is 1. The largest absolute Gasteiger partial charge is 0.324 e. The zero-order valence-electron chi connectivity index (χ0n) is 14.8. The summed E-state index contributed by atoms with van der Waals surface area (Å²) in [5.74, 6) is -0.121. The zero-order chi connectivity index (χ0) is 19.1. The van der Waals surface area contributed by atoms with Gasteiger partial charge in [-0.25, -0.2) is 9.97 Å². The van der Waals surface area contributed by atoms with Gasteiger partial charge in [-0.15, -0.1) is 0 Å². The van der Waals surface area contributed by atoms with Gasteiger partial charge in [-0.05, 0) is 46.3 Å². The first-order valence-electron chi connectivity index (χ1n) is 8.89. The number of nitrogens with one attached hydrogen (secondary N) is 1. The number of aromatic nitrogens is 3. The highest BCUT2D eigenvalue weighted by atomic mass is 79.9. The van der Waals surface area contributed by atoms with Crippen molar-refractivity contribution in [2.45, 2.75) is 6.54 Å². The van der Waals surface area contributed by atoms with Crippen molar-refractivity contribution in [3.8, 4) is 0 Å². The van der Waals surface area contributed by atoms with Crippen molar-refractivity contribution in [3.63, 3.8) is 0 Å². The molecule has 0 fully saturated rings. The monoisotopic (exact) mass is 430 g/mol. The number of para-hydroxylation sites is 4. The Morgan fingerprint density at radius 2 is 1.57 bits per heavy atom. The summed E-state index contributed by atoms with van der Waals surface area (Å²) in [6.07, 6.45) is 0. The van der Waals surface area contributed by atoms with Crippen LogP contribution in [0.1, 0.15) is 0 Å². The molecular weight excluding hydrogens is 416 g/mol. The smallest absolute Gasteiger partial charge is 0.244 e. The van der Waals surface area contributed by atoms with Crippen LogP contribution in [0.3, 0.4) is 0 Å². The molecule has 0 saturated carbocycles. The van der Waals surface area contributed by atoms with Crippen LogP contribution in [0.5, 0.6) is 0 Å². The number of carbonyl (C=O) groups excluding carboxylic acids is 1. The third kappa shape index (κ3) is 2.82. The average Bonchev–Trinajstić information content (AvgIpc) is 3.01. The second-order valence-electron chi connectivity index (χ2n) is 6.52. The molecule has 0 aliphatic heterocycles. The maximum absolute atomic E-state index is 12.8. The minimum absolute atomic E-state index is 0.121. The molecule has 28 heavy (non-hydrogen) atoms. The highest BCUT2D eigenvalue weighted by molar-refractivity contribution is 9.10. The maximum Gasteiger partial charge on any atom is 0.244 e. The first-order valence-corrected chi connectivity index (χ1v) is 9.68. The number of nitrogens with zero attached hydrogens (tertiary/aromatic N) is 3. The molecule has 0 aliphatic rings. The fraction of sp³-hybridized carbons (Fsp3) is 0.0455. The van der Waals surface area contributed by atoms with E-state index < -0.39 is 0 Å². The fourth-order valence-corrected chi connectivity index (χ4v) is 3.82. The minimum Gasteiger partial charge on any atom is -0.324 e. The van der Waals surface area contributed by atoms with Crippen molar-refractivity contribution in [3.05, 3.63) is 77.3 Å². The van der Waals surface area contributed by atoms with Gasteiger partial charge in [-0.2, -0.15) is 0 Å². The molecule has 0 aliphatic carbocycles. The van der Waals surface area contributed by atoms with Gasteiger partial charge >= 0.3 is 0 Å². The summed E-state index contributed by atoms with van der Waals surface area (Å²) in [6, 6.07) is 23.3. The van der Waals surface area contributed by atoms with Gasteiger partial charge in [0.15, 0.2) is 5.65 Å². The summed E-state index contributed by atoms with van der Waals surface area (Å²) >= 11 is 3.47. The minimum atomic E-state index is -0.121. The SMILES string of the molecule is O=C(Cn1c2ccccc2c2nc3ccccc3nc21)Nc1ccccc1Br. The standard InChI is InChI=1S/C22H15BrN4O/c23-15-8-2-3-9-16(15)24-20(28)13-27-19-12-6-1-7-14(19)21-22(27)26-18-11-5-4-10-17(18)25-21/h1-12H,13H2,(H,24,28). The summed E-state index contributed by atoms with van der Waals surface area (Å²) in [5.41, 5.74) is 4.85. The molecular formula is C22H15BrN4O. The van der Waals surface area contributed by atoms with Gasteiger partial charge in [0.25, 0.3) is 0 Å². The van der Waals surface area contributed by atoms with Crippen LogP contribution in [-0.4, -0.2) is 20.4 Å². The van der Waals surface area contributed by atoms with Crippen LogP contribution in [0, 0.1) is 0 Å². The predicted octanol–water partition coefficient (Wildman–Crippen LogP) is 5.14. The topological polar surface area (TPSA) is 59.8 Å². The number of benzene rings is 3. The number of anilines is 1. The van der Waals surface area contributed by atoms with Gasteiger partial charge in [0.2, 0.25) is 5.91 Å². The molecule has 0 spiro atoms. The second-order valence-corrected chi connectivity index (χ2v) is 7.37. The number of rotatable bonds is 3. The number of fused-ring (bicyclic) bond motifs is 4. The number of carbonyl (C=O) groups is 1. The molecule has 5 rings (SSSR count). The number of hydrogen-bond acceptors (Lipinski definition) is 3. The first-order chi connectivity index (χ1) is 13.7. The van der Waals surface area contributed by atoms with Crippen molar-refractivity contribution in [2.24, 2.45) is 0 Å². The second kappa shape index (κ2) is 6.73. The summed E-state index contributed by atoms with van der Waals surface area (Å²) in [7, 11) is 0. The molecule has 2 aromatic heterocycles. The van der Waals surface area contributed by atoms with E-state index in [1.165, 1.54) is 0 Å². The Balaban J connectivity index is 1.64. The fourth-order valence-electron chi connectivity index (χ4n) is 3.44. The molecule has 0 atom stereocenters. The van der Waals surface area contributed by atoms with Crippen LogP contribution in [0.4, 0.5) is 5.69 Å². The predicted molar refractivity (Wildman–Crippen MR) is 115 cm³/mol. The van der Waals surface area contributed by atoms with Gasteiger partial charge in [-0.1, -0.05) is 42.5 Å². The maximum atomic E-state index is 12.8. The molecule has 1 amide bonds. The van der Waals surface area contributed by atoms with Crippen molar-refractivity contribution in [1.82, 2.24) is 14.5 Å². The van der Waals surface area contributed by atoms with Crippen LogP contribution in [0.15, 0.2) is 77.3 Å². The molecule has 1 N–H and O–H groups in total. The van der Waals surface area contributed by atoms with E-state index in [-0.39, 0.29) is 12.5 Å². The molecule has 0 radical (unpaired) electrons. The molecule has 3 aromatic carbocycles. The van der Waals surface area contributed by atoms with E-state index in [9.17, 15) is 4.79 Å². The molecule has 0 unspecified atom stereocenters. The summed E-state index contributed by atoms with van der Waals surface area (Å²) in [4.78, 5) is 22.4. The molecule has 6 heteroatoms. The normalized spacial score (nSPS) is 11.3. The highest BCUT2D eigenvalue weighted by Gasteiger charge is 2.16. The Kier molecular flexibility index (Phi) is 4.06. The van der Waals surface area contributed by atoms with Gasteiger partial charge in [-0.3, -0.25) is 4.79 Å². The lowest BCUT2D eigenvalue weighted by Gasteiger charge is -2.09. The van der Waals surface area contributed by atoms with E-state index in [1.54, 1.807) is 0 Å². The summed E-state index contributed by atoms with van der Waals surface area (Å²) in [6.45, 7) is 0.151. The summed E-state index contributed by atoms with van der Waals surface area (Å²) in [5, 5.41) is 3.95. The Morgan fingerprint density at radius 1 is 0.893 bits per heavy atom. The van der Waals surface area contributed by atoms with E-state index >= 15 is 0 Å². The molecule has 2 heterocycles. The van der Waals surface area contributed by atoms with Crippen LogP contribution < -0.4 is 5.32 Å². The van der Waals surface area contributed by atoms with E-state index in [4.69, 9.17) is 9.97 Å². The summed E-state index contributed by atoms with van der Waals surface area (Å²) < 4.78 is 2.77. The lowest BCUT2D eigenvalue weighted by atomic mass is 10.2. The van der Waals surface area contributed by atoms with E-state index in [2.05, 4.69) is 21.2 Å². The third-order valence-electron chi connectivity index (χ3n) is 4.71. The Hall–Kier alpha value is -3.25. The zero-order valence-corrected chi connectivity index (χ0v) is 16.3. The van der Waals surface area contributed by atoms with Crippen LogP contribution >= 0.6 is 15.9 Å². The third-order valence-corrected chi connectivity index (χ3v) is 5.40. The van der Waals surface area contributed by atoms with Crippen molar-refractivity contribution >= 4 is 60.6 Å². The van der Waals surface area contributed by atoms with Crippen LogP contribution in [-0.2, 0) is 11.3 Å². The van der Waals surface area contributed by atoms with E-state index in [1.807, 2.05) is 77.4 Å². The van der Waals surface area contributed by atoms with Gasteiger partial charge < -0.3 is 9.88 Å². The van der Waals surface area contributed by atoms with Crippen molar-refractivity contribution < 1.29 is 4.79 Å². The van der Waals surface area contributed by atoms with Crippen molar-refractivity contribution in [2.75, 3.05) is 5.32 Å². The molecule has 0 bridgehead atoms. The number of amides is 1. The van der Waals surface area contributed by atoms with Crippen LogP contribution in [0.25, 0.3) is 33.1 Å². The Bertz CT molecular complexity index is 1360. The van der Waals surface area contributed by atoms with Gasteiger partial charge in [0.1, 0.15) is 12.1 Å². The Morgan fingerprint density at radius 3 is 2.39 bits per heavy atom. The molecule has 136 valence electrons. The number of halogens is 1. The molecule has 5 nitrogen and oxygen atoms in total. The van der Waals surface area contributed by atoms with Gasteiger partial charge in [0.05, 0.1) is 22.2 Å². The average molecular weight is 431 g/mol. The van der Waals surface area contributed by atoms with Crippen molar-refractivity contribution in [1.29, 1.82) is 0 Å². The first kappa shape index (κ1) is 16.9. The van der Waals surface area contributed by atoms with E-state index in [0.717, 1.165) is 37.6 Å². The van der Waals surface area contributed by atoms with E-state index in [0.29, 0.717) is 5.65 Å². The lowest BCUT2D eigenvalue weighted by Crippen LogP contribution is -2.19. The van der Waals surface area contributed by atoms with Crippen LogP contribution in [0.2, 0.25) is 0 Å².